The second-order valence-corrected chi connectivity index (χ2v) is 10.0. The highest BCUT2D eigenvalue weighted by Gasteiger charge is 2.18. The molecule has 0 spiro atoms. The number of furan rings is 1. The Balaban J connectivity index is 1.41. The van der Waals surface area contributed by atoms with E-state index in [0.717, 1.165) is 10.9 Å². The lowest BCUT2D eigenvalue weighted by atomic mass is 10.2. The van der Waals surface area contributed by atoms with Gasteiger partial charge in [-0.3, -0.25) is 4.79 Å². The maximum absolute atomic E-state index is 13.6. The highest BCUT2D eigenvalue weighted by molar-refractivity contribution is 6.32. The summed E-state index contributed by atoms with van der Waals surface area (Å²) in [5, 5.41) is 6.56. The summed E-state index contributed by atoms with van der Waals surface area (Å²) in [5.74, 6) is 1.97. The number of ether oxygens (including phenoxy) is 3. The zero-order valence-corrected chi connectivity index (χ0v) is 24.0. The van der Waals surface area contributed by atoms with Gasteiger partial charge >= 0.3 is 0 Å². The summed E-state index contributed by atoms with van der Waals surface area (Å²) in [6.07, 6.45) is 1.50. The van der Waals surface area contributed by atoms with Crippen molar-refractivity contribution in [3.63, 3.8) is 0 Å². The Bertz CT molecular complexity index is 2030. The first-order valence-electron chi connectivity index (χ1n) is 12.8. The Labute approximate surface area is 250 Å². The van der Waals surface area contributed by atoms with Crippen LogP contribution in [-0.4, -0.2) is 30.1 Å². The lowest BCUT2D eigenvalue weighted by Crippen LogP contribution is -2.20. The molecule has 6 rings (SSSR count). The van der Waals surface area contributed by atoms with Crippen LogP contribution in [0, 0.1) is 0 Å². The number of aromatic nitrogens is 2. The van der Waals surface area contributed by atoms with E-state index in [2.05, 4.69) is 5.10 Å². The van der Waals surface area contributed by atoms with Crippen LogP contribution in [0.4, 0.5) is 0 Å². The Hall–Kier alpha value is -4.79. The number of hydrogen-bond acceptors (Lipinski definition) is 7. The molecule has 0 atom stereocenters. The summed E-state index contributed by atoms with van der Waals surface area (Å²) in [6, 6.07) is 25.1. The van der Waals surface area contributed by atoms with E-state index >= 15 is 0 Å². The molecule has 0 bridgehead atoms. The fraction of sp³-hybridized carbons (Fsp3) is 0.0938. The molecule has 0 fully saturated rings. The van der Waals surface area contributed by atoms with Crippen LogP contribution in [0.15, 0.2) is 99.2 Å². The number of halogens is 2. The maximum Gasteiger partial charge on any atom is 0.282 e. The average Bonchev–Trinajstić information content (AvgIpc) is 3.45. The normalized spacial score (nSPS) is 11.4. The maximum atomic E-state index is 13.6. The molecule has 0 aliphatic rings. The van der Waals surface area contributed by atoms with E-state index in [1.807, 2.05) is 42.5 Å². The molecule has 0 saturated carbocycles. The lowest BCUT2D eigenvalue weighted by molar-refractivity contribution is 0.285. The lowest BCUT2D eigenvalue weighted by Gasteiger charge is -2.14. The number of fused-ring (bicyclic) bond motifs is 2. The standard InChI is InChI=1S/C32H23Cl2N3O5/c1-39-26-12-7-13-27-22(26)16-29(42-27)31-36-25-11-6-4-9-21(25)32(38)37(31)35-17-19-14-24(34)30(28(15-19)40-2)41-18-20-8-3-5-10-23(20)33/h3-17H,18H2,1-2H3. The van der Waals surface area contributed by atoms with E-state index in [4.69, 9.17) is 46.8 Å². The predicted octanol–water partition coefficient (Wildman–Crippen LogP) is 7.59. The van der Waals surface area contributed by atoms with Gasteiger partial charge in [-0.25, -0.2) is 4.98 Å². The first kappa shape index (κ1) is 27.4. The minimum absolute atomic E-state index is 0.201. The molecular formula is C32H23Cl2N3O5. The van der Waals surface area contributed by atoms with Gasteiger partial charge in [0.25, 0.3) is 5.56 Å². The van der Waals surface area contributed by atoms with Crippen LogP contribution >= 0.6 is 23.2 Å². The fourth-order valence-corrected chi connectivity index (χ4v) is 5.02. The van der Waals surface area contributed by atoms with Gasteiger partial charge in [0.15, 0.2) is 17.3 Å². The molecule has 6 aromatic rings. The van der Waals surface area contributed by atoms with E-state index in [1.54, 1.807) is 49.6 Å². The van der Waals surface area contributed by atoms with Crippen molar-refractivity contribution in [3.05, 3.63) is 116 Å². The SMILES string of the molecule is COc1cc(C=Nn2c(-c3cc4c(OC)cccc4o3)nc3ccccc3c2=O)cc(Cl)c1OCc1ccccc1Cl. The van der Waals surface area contributed by atoms with Crippen LogP contribution in [0.25, 0.3) is 33.5 Å². The van der Waals surface area contributed by atoms with E-state index in [1.165, 1.54) is 18.0 Å². The third kappa shape index (κ3) is 5.18. The molecule has 0 amide bonds. The first-order chi connectivity index (χ1) is 20.5. The number of para-hydroxylation sites is 1. The predicted molar refractivity (Wildman–Crippen MR) is 165 cm³/mol. The largest absolute Gasteiger partial charge is 0.496 e. The van der Waals surface area contributed by atoms with E-state index < -0.39 is 0 Å². The van der Waals surface area contributed by atoms with Crippen LogP contribution < -0.4 is 19.8 Å². The van der Waals surface area contributed by atoms with Crippen molar-refractivity contribution in [3.8, 4) is 28.8 Å². The van der Waals surface area contributed by atoms with E-state index in [-0.39, 0.29) is 18.0 Å². The van der Waals surface area contributed by atoms with Crippen LogP contribution in [-0.2, 0) is 6.61 Å². The highest BCUT2D eigenvalue weighted by atomic mass is 35.5. The first-order valence-corrected chi connectivity index (χ1v) is 13.6. The summed E-state index contributed by atoms with van der Waals surface area (Å²) in [6.45, 7) is 0.201. The van der Waals surface area contributed by atoms with E-state index in [0.29, 0.717) is 55.1 Å². The second-order valence-electron chi connectivity index (χ2n) is 9.21. The van der Waals surface area contributed by atoms with Gasteiger partial charge < -0.3 is 18.6 Å². The van der Waals surface area contributed by atoms with Gasteiger partial charge in [-0.1, -0.05) is 59.6 Å². The monoisotopic (exact) mass is 599 g/mol. The van der Waals surface area contributed by atoms with Crippen molar-refractivity contribution >= 4 is 51.3 Å². The van der Waals surface area contributed by atoms with Gasteiger partial charge in [-0.05, 0) is 54.1 Å². The number of hydrogen-bond donors (Lipinski definition) is 0. The Morgan fingerprint density at radius 3 is 2.48 bits per heavy atom. The molecular weight excluding hydrogens is 577 g/mol. The van der Waals surface area contributed by atoms with Gasteiger partial charge in [0.05, 0.1) is 41.7 Å². The number of benzene rings is 4. The van der Waals surface area contributed by atoms with Crippen molar-refractivity contribution in [2.24, 2.45) is 5.10 Å². The van der Waals surface area contributed by atoms with Crippen LogP contribution in [0.3, 0.4) is 0 Å². The smallest absolute Gasteiger partial charge is 0.282 e. The molecule has 0 aliphatic carbocycles. The molecule has 8 nitrogen and oxygen atoms in total. The molecule has 0 unspecified atom stereocenters. The van der Waals surface area contributed by atoms with Gasteiger partial charge in [-0.15, -0.1) is 0 Å². The third-order valence-corrected chi connectivity index (χ3v) is 7.27. The molecule has 10 heteroatoms. The minimum atomic E-state index is -0.364. The zero-order chi connectivity index (χ0) is 29.2. The van der Waals surface area contributed by atoms with Crippen molar-refractivity contribution in [2.75, 3.05) is 14.2 Å². The van der Waals surface area contributed by atoms with Crippen molar-refractivity contribution < 1.29 is 18.6 Å². The van der Waals surface area contributed by atoms with Crippen molar-refractivity contribution in [2.45, 2.75) is 6.61 Å². The Kier molecular flexibility index (Phi) is 7.56. The van der Waals surface area contributed by atoms with Crippen LogP contribution in [0.2, 0.25) is 10.0 Å². The molecule has 0 N–H and O–H groups in total. The minimum Gasteiger partial charge on any atom is -0.496 e. The molecule has 0 saturated heterocycles. The van der Waals surface area contributed by atoms with Gasteiger partial charge in [0.1, 0.15) is 17.9 Å². The molecule has 0 radical (unpaired) electrons. The van der Waals surface area contributed by atoms with Crippen LogP contribution in [0.1, 0.15) is 11.1 Å². The van der Waals surface area contributed by atoms with Crippen molar-refractivity contribution in [1.29, 1.82) is 0 Å². The third-order valence-electron chi connectivity index (χ3n) is 6.62. The molecule has 2 heterocycles. The number of methoxy groups -OCH3 is 2. The molecule has 0 aliphatic heterocycles. The summed E-state index contributed by atoms with van der Waals surface area (Å²) in [5.41, 5.74) is 2.12. The summed E-state index contributed by atoms with van der Waals surface area (Å²) >= 11 is 12.9. The second kappa shape index (κ2) is 11.6. The highest BCUT2D eigenvalue weighted by Crippen LogP contribution is 2.37. The number of rotatable bonds is 8. The van der Waals surface area contributed by atoms with E-state index in [9.17, 15) is 4.79 Å². The topological polar surface area (TPSA) is 88.1 Å². The van der Waals surface area contributed by atoms with Gasteiger partial charge in [0, 0.05) is 10.6 Å². The Morgan fingerprint density at radius 1 is 0.881 bits per heavy atom. The zero-order valence-electron chi connectivity index (χ0n) is 22.5. The van der Waals surface area contributed by atoms with Crippen molar-refractivity contribution in [1.82, 2.24) is 9.66 Å². The number of nitrogens with zero attached hydrogens (tertiary/aromatic N) is 3. The molecule has 210 valence electrons. The quantitative estimate of drug-likeness (QED) is 0.167. The summed E-state index contributed by atoms with van der Waals surface area (Å²) < 4.78 is 24.3. The Morgan fingerprint density at radius 2 is 1.67 bits per heavy atom. The fourth-order valence-electron chi connectivity index (χ4n) is 4.56. The summed E-state index contributed by atoms with van der Waals surface area (Å²) in [7, 11) is 3.10. The van der Waals surface area contributed by atoms with Crippen LogP contribution in [0.5, 0.6) is 17.2 Å². The van der Waals surface area contributed by atoms with Gasteiger partial charge in [-0.2, -0.15) is 9.78 Å². The molecule has 2 aromatic heterocycles. The summed E-state index contributed by atoms with van der Waals surface area (Å²) in [4.78, 5) is 18.4. The molecule has 4 aromatic carbocycles. The molecule has 42 heavy (non-hydrogen) atoms. The van der Waals surface area contributed by atoms with Gasteiger partial charge in [0.2, 0.25) is 5.82 Å². The average molecular weight is 600 g/mol.